The van der Waals surface area contributed by atoms with Gasteiger partial charge in [-0.1, -0.05) is 23.7 Å². The second kappa shape index (κ2) is 5.61. The minimum atomic E-state index is -0.450. The van der Waals surface area contributed by atoms with Crippen LogP contribution in [0.15, 0.2) is 59.4 Å². The number of hydrogen-bond acceptors (Lipinski definition) is 3. The van der Waals surface area contributed by atoms with E-state index in [9.17, 15) is 14.9 Å². The van der Waals surface area contributed by atoms with Crippen molar-refractivity contribution in [2.45, 2.75) is 6.54 Å². The summed E-state index contributed by atoms with van der Waals surface area (Å²) in [6.45, 7) is 0.380. The van der Waals surface area contributed by atoms with E-state index in [1.54, 1.807) is 28.8 Å². The van der Waals surface area contributed by atoms with E-state index in [1.165, 1.54) is 18.2 Å². The Kier molecular flexibility index (Phi) is 3.65. The Balaban J connectivity index is 2.11. The molecular formula is C16H11ClN2O3. The molecule has 3 aromatic rings. The molecule has 0 saturated carbocycles. The first-order chi connectivity index (χ1) is 10.5. The van der Waals surface area contributed by atoms with E-state index < -0.39 is 4.92 Å². The van der Waals surface area contributed by atoms with Crippen molar-refractivity contribution >= 4 is 28.2 Å². The predicted octanol–water partition coefficient (Wildman–Crippen LogP) is 3.61. The quantitative estimate of drug-likeness (QED) is 0.548. The fourth-order valence-corrected chi connectivity index (χ4v) is 2.47. The highest BCUT2D eigenvalue weighted by atomic mass is 35.5. The van der Waals surface area contributed by atoms with Crippen molar-refractivity contribution in [2.24, 2.45) is 0 Å². The lowest BCUT2D eigenvalue weighted by Gasteiger charge is -2.10. The van der Waals surface area contributed by atoms with Crippen LogP contribution in [0.1, 0.15) is 5.56 Å². The molecule has 0 unspecified atom stereocenters. The summed E-state index contributed by atoms with van der Waals surface area (Å²) in [5, 5.41) is 12.1. The summed E-state index contributed by atoms with van der Waals surface area (Å²) in [6, 6.07) is 14.7. The van der Waals surface area contributed by atoms with Gasteiger partial charge in [0.05, 0.1) is 17.0 Å². The predicted molar refractivity (Wildman–Crippen MR) is 85.4 cm³/mol. The molecule has 110 valence electrons. The summed E-state index contributed by atoms with van der Waals surface area (Å²) >= 11 is 5.86. The molecule has 0 bridgehead atoms. The van der Waals surface area contributed by atoms with Crippen molar-refractivity contribution in [3.8, 4) is 0 Å². The van der Waals surface area contributed by atoms with Gasteiger partial charge >= 0.3 is 0 Å². The Morgan fingerprint density at radius 3 is 2.45 bits per heavy atom. The van der Waals surface area contributed by atoms with Crippen LogP contribution in [0.5, 0.6) is 0 Å². The van der Waals surface area contributed by atoms with Crippen LogP contribution in [0.25, 0.3) is 10.9 Å². The summed E-state index contributed by atoms with van der Waals surface area (Å²) in [7, 11) is 0. The molecule has 2 aromatic carbocycles. The second-order valence-electron chi connectivity index (χ2n) is 4.88. The van der Waals surface area contributed by atoms with Gasteiger partial charge in [0.2, 0.25) is 0 Å². The van der Waals surface area contributed by atoms with Gasteiger partial charge in [0.1, 0.15) is 0 Å². The van der Waals surface area contributed by atoms with Crippen LogP contribution in [-0.2, 0) is 6.54 Å². The molecule has 22 heavy (non-hydrogen) atoms. The number of benzene rings is 2. The van der Waals surface area contributed by atoms with E-state index in [0.717, 1.165) is 5.56 Å². The summed E-state index contributed by atoms with van der Waals surface area (Å²) in [6.07, 6.45) is 0. The van der Waals surface area contributed by atoms with Crippen LogP contribution in [0.3, 0.4) is 0 Å². The molecule has 0 aliphatic heterocycles. The molecule has 3 rings (SSSR count). The number of nitrogens with zero attached hydrogens (tertiary/aromatic N) is 2. The van der Waals surface area contributed by atoms with Gasteiger partial charge in [0.15, 0.2) is 0 Å². The Morgan fingerprint density at radius 1 is 1.05 bits per heavy atom. The average molecular weight is 315 g/mol. The van der Waals surface area contributed by atoms with Crippen LogP contribution in [0.2, 0.25) is 5.02 Å². The first-order valence-corrected chi connectivity index (χ1v) is 6.95. The normalized spacial score (nSPS) is 10.8. The van der Waals surface area contributed by atoms with Crippen molar-refractivity contribution in [1.82, 2.24) is 4.57 Å². The number of fused-ring (bicyclic) bond motifs is 1. The van der Waals surface area contributed by atoms with Gasteiger partial charge in [-0.05, 0) is 29.8 Å². The fourth-order valence-electron chi connectivity index (χ4n) is 2.34. The zero-order valence-electron chi connectivity index (χ0n) is 11.4. The van der Waals surface area contributed by atoms with Crippen LogP contribution < -0.4 is 5.56 Å². The maximum Gasteiger partial charge on any atom is 0.270 e. The monoisotopic (exact) mass is 314 g/mol. The number of nitro benzene ring substituents is 1. The SMILES string of the molecule is O=c1ccc2cc([N+](=O)[O-])ccc2n1Cc1ccc(Cl)cc1. The number of nitro groups is 1. The first kappa shape index (κ1) is 14.3. The molecule has 0 aliphatic carbocycles. The van der Waals surface area contributed by atoms with Gasteiger partial charge in [0.25, 0.3) is 11.2 Å². The highest BCUT2D eigenvalue weighted by Crippen LogP contribution is 2.20. The van der Waals surface area contributed by atoms with Crippen LogP contribution in [-0.4, -0.2) is 9.49 Å². The molecule has 6 heteroatoms. The maximum atomic E-state index is 12.1. The van der Waals surface area contributed by atoms with E-state index in [4.69, 9.17) is 11.6 Å². The van der Waals surface area contributed by atoms with Gasteiger partial charge in [-0.25, -0.2) is 0 Å². The molecular weight excluding hydrogens is 304 g/mol. The lowest BCUT2D eigenvalue weighted by Crippen LogP contribution is -2.19. The van der Waals surface area contributed by atoms with Gasteiger partial charge < -0.3 is 4.57 Å². The standard InChI is InChI=1S/C16H11ClN2O3/c17-13-4-1-11(2-5-13)10-18-15-7-6-14(19(21)22)9-12(15)3-8-16(18)20/h1-9H,10H2. The third-order valence-electron chi connectivity index (χ3n) is 3.44. The lowest BCUT2D eigenvalue weighted by molar-refractivity contribution is -0.384. The topological polar surface area (TPSA) is 65.1 Å². The molecule has 1 heterocycles. The summed E-state index contributed by atoms with van der Waals surface area (Å²) < 4.78 is 1.59. The Labute approximate surface area is 130 Å². The largest absolute Gasteiger partial charge is 0.304 e. The number of non-ortho nitro benzene ring substituents is 1. The first-order valence-electron chi connectivity index (χ1n) is 6.57. The molecule has 0 saturated heterocycles. The van der Waals surface area contributed by atoms with Gasteiger partial charge in [-0.2, -0.15) is 0 Å². The maximum absolute atomic E-state index is 12.1. The van der Waals surface area contributed by atoms with Crippen LogP contribution in [0, 0.1) is 10.1 Å². The number of halogens is 1. The molecule has 0 atom stereocenters. The molecule has 0 amide bonds. The molecule has 5 nitrogen and oxygen atoms in total. The molecule has 0 aliphatic rings. The average Bonchev–Trinajstić information content (AvgIpc) is 2.51. The minimum absolute atomic E-state index is 0.00388. The van der Waals surface area contributed by atoms with Gasteiger partial charge in [0, 0.05) is 28.6 Å². The molecule has 0 radical (unpaired) electrons. The summed E-state index contributed by atoms with van der Waals surface area (Å²) in [5.74, 6) is 0. The van der Waals surface area contributed by atoms with E-state index in [2.05, 4.69) is 0 Å². The van der Waals surface area contributed by atoms with Crippen molar-refractivity contribution in [1.29, 1.82) is 0 Å². The van der Waals surface area contributed by atoms with E-state index in [0.29, 0.717) is 22.5 Å². The van der Waals surface area contributed by atoms with E-state index >= 15 is 0 Å². The van der Waals surface area contributed by atoms with Crippen molar-refractivity contribution in [2.75, 3.05) is 0 Å². The third kappa shape index (κ3) is 2.71. The number of aromatic nitrogens is 1. The van der Waals surface area contributed by atoms with E-state index in [-0.39, 0.29) is 11.2 Å². The highest BCUT2D eigenvalue weighted by Gasteiger charge is 2.09. The van der Waals surface area contributed by atoms with Crippen LogP contribution >= 0.6 is 11.6 Å². The number of rotatable bonds is 3. The van der Waals surface area contributed by atoms with Crippen molar-refractivity contribution in [3.05, 3.63) is 85.7 Å². The molecule has 0 fully saturated rings. The number of hydrogen-bond donors (Lipinski definition) is 0. The van der Waals surface area contributed by atoms with Crippen LogP contribution in [0.4, 0.5) is 5.69 Å². The Hall–Kier alpha value is -2.66. The smallest absolute Gasteiger partial charge is 0.270 e. The zero-order valence-corrected chi connectivity index (χ0v) is 12.2. The number of pyridine rings is 1. The Morgan fingerprint density at radius 2 is 1.77 bits per heavy atom. The summed E-state index contributed by atoms with van der Waals surface area (Å²) in [5.41, 5.74) is 1.44. The Bertz CT molecular complexity index is 917. The third-order valence-corrected chi connectivity index (χ3v) is 3.69. The van der Waals surface area contributed by atoms with E-state index in [1.807, 2.05) is 12.1 Å². The lowest BCUT2D eigenvalue weighted by atomic mass is 10.1. The van der Waals surface area contributed by atoms with Crippen molar-refractivity contribution < 1.29 is 4.92 Å². The molecule has 0 spiro atoms. The fraction of sp³-hybridized carbons (Fsp3) is 0.0625. The zero-order chi connectivity index (χ0) is 15.7. The summed E-state index contributed by atoms with van der Waals surface area (Å²) in [4.78, 5) is 22.5. The van der Waals surface area contributed by atoms with Crippen molar-refractivity contribution in [3.63, 3.8) is 0 Å². The minimum Gasteiger partial charge on any atom is -0.304 e. The highest BCUT2D eigenvalue weighted by molar-refractivity contribution is 6.30. The van der Waals surface area contributed by atoms with Gasteiger partial charge in [-0.15, -0.1) is 0 Å². The molecule has 1 aromatic heterocycles. The van der Waals surface area contributed by atoms with Gasteiger partial charge in [-0.3, -0.25) is 14.9 Å². The second-order valence-corrected chi connectivity index (χ2v) is 5.32. The molecule has 0 N–H and O–H groups in total.